The van der Waals surface area contributed by atoms with Crippen molar-refractivity contribution in [1.82, 2.24) is 5.32 Å². The fraction of sp³-hybridized carbons (Fsp3) is 0.240. The van der Waals surface area contributed by atoms with Gasteiger partial charge in [0, 0.05) is 18.2 Å². The Balaban J connectivity index is 1.43. The molecule has 166 valence electrons. The summed E-state index contributed by atoms with van der Waals surface area (Å²) >= 11 is 0. The average Bonchev–Trinajstić information content (AvgIpc) is 3.12. The molecule has 1 amide bonds. The van der Waals surface area contributed by atoms with Gasteiger partial charge in [0.15, 0.2) is 0 Å². The van der Waals surface area contributed by atoms with E-state index in [0.717, 1.165) is 22.4 Å². The number of carbonyl (C=O) groups is 1. The van der Waals surface area contributed by atoms with Crippen molar-refractivity contribution >= 4 is 21.6 Å². The number of fused-ring (bicyclic) bond motifs is 1. The molecule has 0 saturated carbocycles. The van der Waals surface area contributed by atoms with Gasteiger partial charge in [-0.2, -0.15) is 0 Å². The molecule has 32 heavy (non-hydrogen) atoms. The molecule has 1 aliphatic heterocycles. The summed E-state index contributed by atoms with van der Waals surface area (Å²) in [6.45, 7) is 2.65. The topological polar surface area (TPSA) is 75.7 Å². The van der Waals surface area contributed by atoms with Gasteiger partial charge in [-0.3, -0.25) is 9.10 Å². The van der Waals surface area contributed by atoms with Gasteiger partial charge in [-0.25, -0.2) is 8.42 Å². The third-order valence-corrected chi connectivity index (χ3v) is 6.82. The zero-order chi connectivity index (χ0) is 22.7. The molecule has 1 atom stereocenters. The Hall–Kier alpha value is -3.32. The summed E-state index contributed by atoms with van der Waals surface area (Å²) in [6.07, 6.45) is 1.79. The zero-order valence-corrected chi connectivity index (χ0v) is 18.9. The van der Waals surface area contributed by atoms with Gasteiger partial charge in [0.1, 0.15) is 12.4 Å². The Kier molecular flexibility index (Phi) is 6.19. The van der Waals surface area contributed by atoms with Crippen LogP contribution < -0.4 is 14.4 Å². The number of amides is 1. The quantitative estimate of drug-likeness (QED) is 0.592. The van der Waals surface area contributed by atoms with E-state index in [-0.39, 0.29) is 11.9 Å². The van der Waals surface area contributed by atoms with E-state index in [9.17, 15) is 13.2 Å². The highest BCUT2D eigenvalue weighted by atomic mass is 32.2. The second kappa shape index (κ2) is 9.04. The van der Waals surface area contributed by atoms with Crippen molar-refractivity contribution in [1.29, 1.82) is 0 Å². The first-order valence-corrected chi connectivity index (χ1v) is 12.3. The molecule has 3 aromatic carbocycles. The van der Waals surface area contributed by atoms with Crippen molar-refractivity contribution in [2.45, 2.75) is 32.5 Å². The largest absolute Gasteiger partial charge is 0.489 e. The lowest BCUT2D eigenvalue weighted by Gasteiger charge is -2.21. The predicted octanol–water partition coefficient (Wildman–Crippen LogP) is 3.91. The van der Waals surface area contributed by atoms with Gasteiger partial charge in [-0.15, -0.1) is 0 Å². The van der Waals surface area contributed by atoms with Crippen LogP contribution in [0.4, 0.5) is 5.69 Å². The number of rotatable bonds is 7. The molecule has 0 fully saturated rings. The maximum Gasteiger partial charge on any atom is 0.251 e. The van der Waals surface area contributed by atoms with Crippen LogP contribution in [0.2, 0.25) is 0 Å². The van der Waals surface area contributed by atoms with E-state index >= 15 is 0 Å². The number of nitrogens with zero attached hydrogens (tertiary/aromatic N) is 1. The molecule has 1 aliphatic rings. The molecule has 0 aromatic heterocycles. The molecular weight excluding hydrogens is 424 g/mol. The third kappa shape index (κ3) is 4.78. The highest BCUT2D eigenvalue weighted by Crippen LogP contribution is 2.34. The van der Waals surface area contributed by atoms with Gasteiger partial charge >= 0.3 is 0 Å². The van der Waals surface area contributed by atoms with Gasteiger partial charge in [0.05, 0.1) is 11.9 Å². The maximum absolute atomic E-state index is 12.8. The van der Waals surface area contributed by atoms with E-state index in [1.54, 1.807) is 18.2 Å². The molecule has 4 rings (SSSR count). The summed E-state index contributed by atoms with van der Waals surface area (Å²) < 4.78 is 31.5. The number of hydrogen-bond donors (Lipinski definition) is 1. The lowest BCUT2D eigenvalue weighted by Crippen LogP contribution is -2.34. The number of anilines is 1. The minimum absolute atomic E-state index is 0.158. The summed E-state index contributed by atoms with van der Waals surface area (Å²) in [4.78, 5) is 12.8. The Labute approximate surface area is 188 Å². The first-order chi connectivity index (χ1) is 15.3. The van der Waals surface area contributed by atoms with Crippen molar-refractivity contribution in [2.75, 3.05) is 10.6 Å². The minimum Gasteiger partial charge on any atom is -0.489 e. The van der Waals surface area contributed by atoms with Crippen molar-refractivity contribution in [3.63, 3.8) is 0 Å². The van der Waals surface area contributed by atoms with Crippen LogP contribution in [0.5, 0.6) is 5.75 Å². The molecule has 0 bridgehead atoms. The molecule has 6 nitrogen and oxygen atoms in total. The number of carbonyl (C=O) groups excluding carboxylic acids is 1. The van der Waals surface area contributed by atoms with E-state index in [1.165, 1.54) is 10.6 Å². The van der Waals surface area contributed by atoms with E-state index in [4.69, 9.17) is 4.74 Å². The standard InChI is InChI=1S/C25H26N2O4S/c1-18-14-22-15-19(12-13-24(22)27(18)32(2,29)30)25(28)26-16-20-8-6-7-9-21(20)17-31-23-10-4-3-5-11-23/h3-13,15,18H,14,16-17H2,1-2H3,(H,26,28). The number of ether oxygens (including phenoxy) is 1. The van der Waals surface area contributed by atoms with E-state index in [2.05, 4.69) is 5.32 Å². The van der Waals surface area contributed by atoms with Crippen molar-refractivity contribution in [3.05, 3.63) is 95.1 Å². The summed E-state index contributed by atoms with van der Waals surface area (Å²) in [5.41, 5.74) is 4.02. The number of sulfonamides is 1. The van der Waals surface area contributed by atoms with Gasteiger partial charge in [0.2, 0.25) is 10.0 Å². The van der Waals surface area contributed by atoms with Crippen LogP contribution in [0.25, 0.3) is 0 Å². The Morgan fingerprint density at radius 3 is 2.44 bits per heavy atom. The van der Waals surface area contributed by atoms with Crippen molar-refractivity contribution in [3.8, 4) is 5.75 Å². The SMILES string of the molecule is CC1Cc2cc(C(=O)NCc3ccccc3COc3ccccc3)ccc2N1S(C)(=O)=O. The summed E-state index contributed by atoms with van der Waals surface area (Å²) in [5.74, 6) is 0.596. The number of hydrogen-bond acceptors (Lipinski definition) is 4. The fourth-order valence-electron chi connectivity index (χ4n) is 4.08. The van der Waals surface area contributed by atoms with Crippen LogP contribution in [0.3, 0.4) is 0 Å². The molecule has 0 aliphatic carbocycles. The number of benzene rings is 3. The summed E-state index contributed by atoms with van der Waals surface area (Å²) in [5, 5.41) is 2.97. The highest BCUT2D eigenvalue weighted by molar-refractivity contribution is 7.92. The van der Waals surface area contributed by atoms with Crippen LogP contribution >= 0.6 is 0 Å². The zero-order valence-electron chi connectivity index (χ0n) is 18.1. The van der Waals surface area contributed by atoms with E-state index in [0.29, 0.717) is 30.8 Å². The molecule has 1 N–H and O–H groups in total. The minimum atomic E-state index is -3.35. The smallest absolute Gasteiger partial charge is 0.251 e. The highest BCUT2D eigenvalue weighted by Gasteiger charge is 2.32. The molecular formula is C25H26N2O4S. The second-order valence-corrected chi connectivity index (χ2v) is 9.87. The molecule has 7 heteroatoms. The predicted molar refractivity (Wildman–Crippen MR) is 125 cm³/mol. The fourth-order valence-corrected chi connectivity index (χ4v) is 5.34. The first-order valence-electron chi connectivity index (χ1n) is 10.5. The van der Waals surface area contributed by atoms with Crippen LogP contribution in [0.15, 0.2) is 72.8 Å². The van der Waals surface area contributed by atoms with Gasteiger partial charge in [0.25, 0.3) is 5.91 Å². The first kappa shape index (κ1) is 21.9. The number of para-hydroxylation sites is 1. The van der Waals surface area contributed by atoms with Crippen LogP contribution in [0.1, 0.15) is 34.0 Å². The second-order valence-electron chi connectivity index (χ2n) is 8.01. The van der Waals surface area contributed by atoms with Crippen LogP contribution in [-0.4, -0.2) is 26.6 Å². The van der Waals surface area contributed by atoms with Crippen LogP contribution in [-0.2, 0) is 29.6 Å². The van der Waals surface area contributed by atoms with E-state index in [1.807, 2.05) is 61.5 Å². The van der Waals surface area contributed by atoms with Gasteiger partial charge < -0.3 is 10.1 Å². The van der Waals surface area contributed by atoms with Crippen molar-refractivity contribution < 1.29 is 17.9 Å². The lowest BCUT2D eigenvalue weighted by atomic mass is 10.1. The molecule has 3 aromatic rings. The molecule has 0 radical (unpaired) electrons. The van der Waals surface area contributed by atoms with Gasteiger partial charge in [-0.1, -0.05) is 42.5 Å². The van der Waals surface area contributed by atoms with E-state index < -0.39 is 10.0 Å². The summed E-state index contributed by atoms with van der Waals surface area (Å²) in [7, 11) is -3.35. The molecule has 1 unspecified atom stereocenters. The average molecular weight is 451 g/mol. The number of nitrogens with one attached hydrogen (secondary N) is 1. The normalized spacial score (nSPS) is 15.3. The van der Waals surface area contributed by atoms with Crippen molar-refractivity contribution in [2.24, 2.45) is 0 Å². The lowest BCUT2D eigenvalue weighted by molar-refractivity contribution is 0.0950. The van der Waals surface area contributed by atoms with Gasteiger partial charge in [-0.05, 0) is 60.4 Å². The Bertz CT molecular complexity index is 1230. The monoisotopic (exact) mass is 450 g/mol. The maximum atomic E-state index is 12.8. The molecule has 1 heterocycles. The Morgan fingerprint density at radius 1 is 1.03 bits per heavy atom. The Morgan fingerprint density at radius 2 is 1.72 bits per heavy atom. The third-order valence-electron chi connectivity index (χ3n) is 5.55. The molecule has 0 spiro atoms. The molecule has 0 saturated heterocycles. The van der Waals surface area contributed by atoms with Crippen LogP contribution in [0, 0.1) is 0 Å². The summed E-state index contributed by atoms with van der Waals surface area (Å²) in [6, 6.07) is 22.5.